The molecule has 242 valence electrons. The molecule has 46 heavy (non-hydrogen) atoms. The molecule has 0 amide bonds. The maximum atomic E-state index is 12.9. The van der Waals surface area contributed by atoms with Gasteiger partial charge >= 0.3 is 5.97 Å². The third-order valence-electron chi connectivity index (χ3n) is 7.97. The average molecular weight is 627 g/mol. The predicted molar refractivity (Wildman–Crippen MR) is 172 cm³/mol. The van der Waals surface area contributed by atoms with Crippen LogP contribution in [0.3, 0.4) is 0 Å². The molecule has 1 aliphatic heterocycles. The highest BCUT2D eigenvalue weighted by molar-refractivity contribution is 5.70. The molecule has 0 spiro atoms. The fourth-order valence-electron chi connectivity index (χ4n) is 5.57. The Bertz CT molecular complexity index is 1440. The second kappa shape index (κ2) is 17.1. The zero-order valence-electron chi connectivity index (χ0n) is 26.4. The second-order valence-electron chi connectivity index (χ2n) is 11.2. The van der Waals surface area contributed by atoms with E-state index < -0.39 is 36.2 Å². The number of methoxy groups -OCH3 is 2. The minimum atomic E-state index is -1.56. The van der Waals surface area contributed by atoms with Crippen molar-refractivity contribution in [1.82, 2.24) is 0 Å². The van der Waals surface area contributed by atoms with Crippen molar-refractivity contribution >= 4 is 5.97 Å². The molecular weight excluding hydrogens is 584 g/mol. The van der Waals surface area contributed by atoms with E-state index in [-0.39, 0.29) is 26.2 Å². The quantitative estimate of drug-likeness (QED) is 0.135. The van der Waals surface area contributed by atoms with Gasteiger partial charge in [-0.25, -0.2) is 0 Å². The normalized spacial score (nSPS) is 22.7. The number of rotatable bonds is 16. The molecule has 5 atom stereocenters. The number of benzene rings is 4. The minimum absolute atomic E-state index is 0.150. The van der Waals surface area contributed by atoms with Gasteiger partial charge in [0, 0.05) is 7.11 Å². The van der Waals surface area contributed by atoms with E-state index in [0.29, 0.717) is 13.2 Å². The highest BCUT2D eigenvalue weighted by atomic mass is 16.7. The van der Waals surface area contributed by atoms with Crippen LogP contribution in [-0.2, 0) is 64.4 Å². The molecule has 8 nitrogen and oxygen atoms in total. The molecule has 5 unspecified atom stereocenters. The SMILES string of the molecule is COC(=O)CC1(OC)OC(COCc2ccccc2)C(OCc2ccccc2)C(OCc2ccccc2)C1OCc1ccccc1. The first-order valence-electron chi connectivity index (χ1n) is 15.5. The maximum absolute atomic E-state index is 12.9. The number of hydrogen-bond donors (Lipinski definition) is 0. The van der Waals surface area contributed by atoms with Crippen molar-refractivity contribution in [3.05, 3.63) is 144 Å². The zero-order chi connectivity index (χ0) is 32.0. The smallest absolute Gasteiger partial charge is 0.311 e. The molecule has 4 aromatic rings. The van der Waals surface area contributed by atoms with E-state index in [4.69, 9.17) is 33.2 Å². The average Bonchev–Trinajstić information content (AvgIpc) is 3.11. The predicted octanol–water partition coefficient (Wildman–Crippen LogP) is 6.26. The molecule has 0 N–H and O–H groups in total. The lowest BCUT2D eigenvalue weighted by Gasteiger charge is -2.51. The van der Waals surface area contributed by atoms with Crippen LogP contribution in [0.2, 0.25) is 0 Å². The van der Waals surface area contributed by atoms with Crippen molar-refractivity contribution in [3.63, 3.8) is 0 Å². The first kappa shape index (κ1) is 33.5. The maximum Gasteiger partial charge on any atom is 0.311 e. The number of carbonyl (C=O) groups is 1. The monoisotopic (exact) mass is 626 g/mol. The van der Waals surface area contributed by atoms with Gasteiger partial charge in [-0.15, -0.1) is 0 Å². The zero-order valence-corrected chi connectivity index (χ0v) is 26.4. The Balaban J connectivity index is 1.50. The van der Waals surface area contributed by atoms with Gasteiger partial charge in [-0.05, 0) is 22.3 Å². The van der Waals surface area contributed by atoms with Crippen LogP contribution in [0.1, 0.15) is 28.7 Å². The van der Waals surface area contributed by atoms with Crippen molar-refractivity contribution in [2.45, 2.75) is 63.1 Å². The molecule has 1 heterocycles. The third-order valence-corrected chi connectivity index (χ3v) is 7.97. The van der Waals surface area contributed by atoms with Gasteiger partial charge in [0.25, 0.3) is 0 Å². The number of ether oxygens (including phenoxy) is 7. The van der Waals surface area contributed by atoms with Gasteiger partial charge < -0.3 is 33.2 Å². The van der Waals surface area contributed by atoms with Gasteiger partial charge in [-0.2, -0.15) is 0 Å². The van der Waals surface area contributed by atoms with Gasteiger partial charge in [0.05, 0.1) is 40.1 Å². The van der Waals surface area contributed by atoms with Crippen LogP contribution in [0.5, 0.6) is 0 Å². The van der Waals surface area contributed by atoms with Crippen molar-refractivity contribution in [1.29, 1.82) is 0 Å². The van der Waals surface area contributed by atoms with E-state index in [1.165, 1.54) is 14.2 Å². The van der Waals surface area contributed by atoms with Crippen molar-refractivity contribution < 1.29 is 38.0 Å². The number of carbonyl (C=O) groups excluding carboxylic acids is 1. The van der Waals surface area contributed by atoms with Crippen LogP contribution in [-0.4, -0.2) is 57.0 Å². The summed E-state index contributed by atoms with van der Waals surface area (Å²) in [7, 11) is 2.84. The summed E-state index contributed by atoms with van der Waals surface area (Å²) in [4.78, 5) is 12.9. The Hall–Kier alpha value is -3.89. The molecule has 0 saturated carbocycles. The van der Waals surface area contributed by atoms with E-state index in [2.05, 4.69) is 0 Å². The second-order valence-corrected chi connectivity index (χ2v) is 11.2. The Labute approximate surface area is 271 Å². The summed E-state index contributed by atoms with van der Waals surface area (Å²) in [5, 5.41) is 0. The summed E-state index contributed by atoms with van der Waals surface area (Å²) >= 11 is 0. The first-order valence-corrected chi connectivity index (χ1v) is 15.5. The highest BCUT2D eigenvalue weighted by Gasteiger charge is 2.58. The topological polar surface area (TPSA) is 81.7 Å². The lowest BCUT2D eigenvalue weighted by Crippen LogP contribution is -2.68. The molecule has 0 bridgehead atoms. The highest BCUT2D eigenvalue weighted by Crippen LogP contribution is 2.40. The summed E-state index contributed by atoms with van der Waals surface area (Å²) < 4.78 is 44.2. The van der Waals surface area contributed by atoms with Crippen LogP contribution in [0.15, 0.2) is 121 Å². The van der Waals surface area contributed by atoms with E-state index >= 15 is 0 Å². The summed E-state index contributed by atoms with van der Waals surface area (Å²) in [6, 6.07) is 39.5. The van der Waals surface area contributed by atoms with E-state index in [9.17, 15) is 4.79 Å². The molecule has 1 saturated heterocycles. The number of esters is 1. The van der Waals surface area contributed by atoms with Crippen LogP contribution in [0, 0.1) is 0 Å². The molecule has 4 aromatic carbocycles. The lowest BCUT2D eigenvalue weighted by atomic mass is 9.89. The van der Waals surface area contributed by atoms with Crippen molar-refractivity contribution in [3.8, 4) is 0 Å². The van der Waals surface area contributed by atoms with Crippen LogP contribution >= 0.6 is 0 Å². The van der Waals surface area contributed by atoms with Crippen LogP contribution < -0.4 is 0 Å². The van der Waals surface area contributed by atoms with Crippen molar-refractivity contribution in [2.75, 3.05) is 20.8 Å². The van der Waals surface area contributed by atoms with Crippen molar-refractivity contribution in [2.24, 2.45) is 0 Å². The fourth-order valence-corrected chi connectivity index (χ4v) is 5.57. The van der Waals surface area contributed by atoms with E-state index in [1.807, 2.05) is 121 Å². The third kappa shape index (κ3) is 9.10. The Kier molecular flexibility index (Phi) is 12.5. The molecule has 1 fully saturated rings. The fraction of sp³-hybridized carbons (Fsp3) is 0.342. The standard InChI is InChI=1S/C38H42O8/c1-40-34(39)23-38(41-2)37(45-27-32-21-13-6-14-22-32)36(44-26-31-19-11-5-12-20-31)35(43-25-30-17-9-4-10-18-30)33(46-38)28-42-24-29-15-7-3-8-16-29/h3-22,33,35-37H,23-28H2,1-2H3. The van der Waals surface area contributed by atoms with Crippen LogP contribution in [0.25, 0.3) is 0 Å². The minimum Gasteiger partial charge on any atom is -0.469 e. The Morgan fingerprint density at radius 2 is 1.04 bits per heavy atom. The Morgan fingerprint density at radius 3 is 1.50 bits per heavy atom. The molecule has 0 aliphatic carbocycles. The lowest BCUT2D eigenvalue weighted by molar-refractivity contribution is -0.377. The first-order chi connectivity index (χ1) is 22.6. The van der Waals surface area contributed by atoms with Gasteiger partial charge in [0.1, 0.15) is 30.8 Å². The number of hydrogen-bond acceptors (Lipinski definition) is 8. The largest absolute Gasteiger partial charge is 0.469 e. The van der Waals surface area contributed by atoms with E-state index in [0.717, 1.165) is 22.3 Å². The summed E-state index contributed by atoms with van der Waals surface area (Å²) in [5.74, 6) is -2.07. The summed E-state index contributed by atoms with van der Waals surface area (Å²) in [6.07, 6.45) is -3.18. The van der Waals surface area contributed by atoms with Gasteiger partial charge in [0.2, 0.25) is 5.79 Å². The Morgan fingerprint density at radius 1 is 0.609 bits per heavy atom. The molecule has 0 aromatic heterocycles. The van der Waals surface area contributed by atoms with Gasteiger partial charge in [-0.1, -0.05) is 121 Å². The van der Waals surface area contributed by atoms with Gasteiger partial charge in [0.15, 0.2) is 0 Å². The molecular formula is C38H42O8. The van der Waals surface area contributed by atoms with Gasteiger partial charge in [-0.3, -0.25) is 4.79 Å². The molecule has 8 heteroatoms. The molecule has 1 aliphatic rings. The van der Waals surface area contributed by atoms with Crippen LogP contribution in [0.4, 0.5) is 0 Å². The molecule has 5 rings (SSSR count). The molecule has 0 radical (unpaired) electrons. The van der Waals surface area contributed by atoms with E-state index in [1.54, 1.807) is 0 Å². The summed E-state index contributed by atoms with van der Waals surface area (Å²) in [5.41, 5.74) is 3.94. The summed E-state index contributed by atoms with van der Waals surface area (Å²) in [6.45, 7) is 1.33.